The number of aliphatic hydroxyl groups excluding tert-OH is 1. The molecule has 3 aliphatic rings. The van der Waals surface area contributed by atoms with E-state index in [4.69, 9.17) is 0 Å². The Labute approximate surface area is 197 Å². The SMILES string of the molecule is CNC(=O)[C@@H]1[C@H]2C(=O)N(CCCO)C(C(=O)Nc3ccc4ccccc4c3)C23S[C@@H]1CC3C. The molecule has 0 aromatic heterocycles. The molecule has 3 fully saturated rings. The van der Waals surface area contributed by atoms with Crippen LogP contribution < -0.4 is 10.6 Å². The molecule has 3 unspecified atom stereocenters. The van der Waals surface area contributed by atoms with Gasteiger partial charge in [-0.3, -0.25) is 14.4 Å². The molecule has 2 aromatic carbocycles. The second-order valence-electron chi connectivity index (χ2n) is 9.33. The summed E-state index contributed by atoms with van der Waals surface area (Å²) in [5, 5.41) is 17.4. The summed E-state index contributed by atoms with van der Waals surface area (Å²) in [5.74, 6) is -1.33. The second kappa shape index (κ2) is 8.33. The molecule has 3 amide bonds. The van der Waals surface area contributed by atoms with Crippen LogP contribution in [0.15, 0.2) is 42.5 Å². The Morgan fingerprint density at radius 2 is 1.94 bits per heavy atom. The first-order valence-electron chi connectivity index (χ1n) is 11.5. The van der Waals surface area contributed by atoms with Crippen LogP contribution in [0.5, 0.6) is 0 Å². The third kappa shape index (κ3) is 3.26. The molecule has 2 aromatic rings. The minimum absolute atomic E-state index is 0.0323. The van der Waals surface area contributed by atoms with Crippen molar-refractivity contribution >= 4 is 45.9 Å². The number of benzene rings is 2. The van der Waals surface area contributed by atoms with Crippen LogP contribution in [0.4, 0.5) is 5.69 Å². The number of amides is 3. The summed E-state index contributed by atoms with van der Waals surface area (Å²) in [5.41, 5.74) is 0.682. The number of carbonyl (C=O) groups is 3. The third-order valence-electron chi connectivity index (χ3n) is 7.62. The maximum Gasteiger partial charge on any atom is 0.248 e. The van der Waals surface area contributed by atoms with Crippen molar-refractivity contribution in [2.45, 2.75) is 35.8 Å². The van der Waals surface area contributed by atoms with Crippen LogP contribution in [-0.2, 0) is 14.4 Å². The molecule has 3 heterocycles. The van der Waals surface area contributed by atoms with E-state index in [1.54, 1.807) is 23.7 Å². The van der Waals surface area contributed by atoms with Gasteiger partial charge in [-0.15, -0.1) is 11.8 Å². The fourth-order valence-electron chi connectivity index (χ4n) is 6.25. The van der Waals surface area contributed by atoms with E-state index < -0.39 is 22.6 Å². The molecule has 3 saturated heterocycles. The van der Waals surface area contributed by atoms with E-state index in [9.17, 15) is 19.5 Å². The van der Waals surface area contributed by atoms with E-state index in [0.29, 0.717) is 18.7 Å². The zero-order valence-corrected chi connectivity index (χ0v) is 19.6. The highest BCUT2D eigenvalue weighted by Crippen LogP contribution is 2.68. The predicted octanol–water partition coefficient (Wildman–Crippen LogP) is 2.24. The number of hydrogen-bond donors (Lipinski definition) is 3. The van der Waals surface area contributed by atoms with Gasteiger partial charge in [0.25, 0.3) is 0 Å². The summed E-state index contributed by atoms with van der Waals surface area (Å²) in [6.07, 6.45) is 1.20. The van der Waals surface area contributed by atoms with Gasteiger partial charge >= 0.3 is 0 Å². The molecule has 3 aliphatic heterocycles. The number of hydrogen-bond acceptors (Lipinski definition) is 5. The zero-order valence-electron chi connectivity index (χ0n) is 18.8. The summed E-state index contributed by atoms with van der Waals surface area (Å²) in [6.45, 7) is 2.33. The molecule has 2 bridgehead atoms. The first-order chi connectivity index (χ1) is 15.9. The molecule has 0 aliphatic carbocycles. The van der Waals surface area contributed by atoms with Gasteiger partial charge in [-0.1, -0.05) is 37.3 Å². The lowest BCUT2D eigenvalue weighted by Gasteiger charge is -2.38. The van der Waals surface area contributed by atoms with Gasteiger partial charge in [0.15, 0.2) is 0 Å². The Morgan fingerprint density at radius 1 is 1.18 bits per heavy atom. The first-order valence-corrected chi connectivity index (χ1v) is 12.4. The Hall–Kier alpha value is -2.58. The van der Waals surface area contributed by atoms with E-state index >= 15 is 0 Å². The molecule has 174 valence electrons. The highest BCUT2D eigenvalue weighted by atomic mass is 32.2. The molecule has 1 spiro atoms. The number of nitrogens with zero attached hydrogens (tertiary/aromatic N) is 1. The van der Waals surface area contributed by atoms with Crippen LogP contribution in [-0.4, -0.2) is 64.0 Å². The molecular formula is C25H29N3O4S. The molecule has 33 heavy (non-hydrogen) atoms. The van der Waals surface area contributed by atoms with E-state index in [1.807, 2.05) is 42.5 Å². The topological polar surface area (TPSA) is 98.7 Å². The van der Waals surface area contributed by atoms with Crippen LogP contribution in [0, 0.1) is 17.8 Å². The van der Waals surface area contributed by atoms with E-state index in [-0.39, 0.29) is 35.5 Å². The van der Waals surface area contributed by atoms with Crippen molar-refractivity contribution in [3.05, 3.63) is 42.5 Å². The summed E-state index contributed by atoms with van der Waals surface area (Å²) in [6, 6.07) is 13.0. The van der Waals surface area contributed by atoms with Gasteiger partial charge in [-0.25, -0.2) is 0 Å². The number of fused-ring (bicyclic) bond motifs is 2. The number of aliphatic hydroxyl groups is 1. The third-order valence-corrected chi connectivity index (χ3v) is 9.69. The maximum atomic E-state index is 13.8. The van der Waals surface area contributed by atoms with Gasteiger partial charge in [0.1, 0.15) is 6.04 Å². The van der Waals surface area contributed by atoms with E-state index in [2.05, 4.69) is 17.6 Å². The van der Waals surface area contributed by atoms with Gasteiger partial charge in [0, 0.05) is 31.1 Å². The van der Waals surface area contributed by atoms with Crippen molar-refractivity contribution in [1.82, 2.24) is 10.2 Å². The van der Waals surface area contributed by atoms with Gasteiger partial charge in [0.05, 0.1) is 16.6 Å². The fraction of sp³-hybridized carbons (Fsp3) is 0.480. The first kappa shape index (κ1) is 22.2. The molecule has 5 rings (SSSR count). The molecule has 7 nitrogen and oxygen atoms in total. The van der Waals surface area contributed by atoms with Crippen LogP contribution in [0.25, 0.3) is 10.8 Å². The molecule has 3 N–H and O–H groups in total. The largest absolute Gasteiger partial charge is 0.396 e. The lowest BCUT2D eigenvalue weighted by Crippen LogP contribution is -2.55. The molecule has 0 radical (unpaired) electrons. The summed E-state index contributed by atoms with van der Waals surface area (Å²) in [7, 11) is 1.60. The van der Waals surface area contributed by atoms with E-state index in [0.717, 1.165) is 17.2 Å². The zero-order chi connectivity index (χ0) is 23.3. The average Bonchev–Trinajstić information content (AvgIpc) is 3.40. The minimum atomic E-state index is -0.687. The smallest absolute Gasteiger partial charge is 0.248 e. The van der Waals surface area contributed by atoms with Crippen molar-refractivity contribution in [3.63, 3.8) is 0 Å². The Bertz CT molecular complexity index is 1120. The van der Waals surface area contributed by atoms with Crippen molar-refractivity contribution in [3.8, 4) is 0 Å². The summed E-state index contributed by atoms with van der Waals surface area (Å²) >= 11 is 1.65. The number of anilines is 1. The molecule has 6 atom stereocenters. The molecule has 0 saturated carbocycles. The quantitative estimate of drug-likeness (QED) is 0.605. The maximum absolute atomic E-state index is 13.8. The number of likely N-dealkylation sites (tertiary alicyclic amines) is 1. The molecular weight excluding hydrogens is 438 g/mol. The highest BCUT2D eigenvalue weighted by Gasteiger charge is 2.75. The minimum Gasteiger partial charge on any atom is -0.396 e. The molecule has 8 heteroatoms. The Morgan fingerprint density at radius 3 is 2.67 bits per heavy atom. The van der Waals surface area contributed by atoms with Crippen molar-refractivity contribution in [2.24, 2.45) is 17.8 Å². The Kier molecular flexibility index (Phi) is 5.61. The lowest BCUT2D eigenvalue weighted by atomic mass is 9.66. The summed E-state index contributed by atoms with van der Waals surface area (Å²) in [4.78, 5) is 41.9. The normalized spacial score (nSPS) is 32.3. The van der Waals surface area contributed by atoms with Crippen molar-refractivity contribution in [1.29, 1.82) is 0 Å². The number of rotatable bonds is 6. The number of carbonyl (C=O) groups excluding carboxylic acids is 3. The average molecular weight is 468 g/mol. The van der Waals surface area contributed by atoms with Crippen LogP contribution in [0.3, 0.4) is 0 Å². The number of nitrogens with one attached hydrogen (secondary N) is 2. The van der Waals surface area contributed by atoms with Crippen molar-refractivity contribution < 1.29 is 19.5 Å². The number of thioether (sulfide) groups is 1. The van der Waals surface area contributed by atoms with Crippen LogP contribution >= 0.6 is 11.8 Å². The lowest BCUT2D eigenvalue weighted by molar-refractivity contribution is -0.139. The van der Waals surface area contributed by atoms with Gasteiger partial charge in [-0.05, 0) is 41.7 Å². The fourth-order valence-corrected chi connectivity index (χ4v) is 8.67. The summed E-state index contributed by atoms with van der Waals surface area (Å²) < 4.78 is -0.644. The Balaban J connectivity index is 1.52. The standard InChI is InChI=1S/C25H29N3O4S/c1-14-12-18-19(22(30)26-2)20-24(32)28(10-5-11-29)21(25(14,20)33-18)23(31)27-17-9-8-15-6-3-4-7-16(15)13-17/h3-4,6-9,13-14,18-21,29H,5,10-12H2,1-2H3,(H,26,30)(H,27,31)/t14?,18-,19+,20+,21?,25?/m1/s1. The van der Waals surface area contributed by atoms with Gasteiger partial charge in [-0.2, -0.15) is 0 Å². The predicted molar refractivity (Wildman–Crippen MR) is 129 cm³/mol. The van der Waals surface area contributed by atoms with E-state index in [1.165, 1.54) is 0 Å². The van der Waals surface area contributed by atoms with Crippen LogP contribution in [0.2, 0.25) is 0 Å². The second-order valence-corrected chi connectivity index (χ2v) is 10.9. The monoisotopic (exact) mass is 467 g/mol. The van der Waals surface area contributed by atoms with Gasteiger partial charge in [0.2, 0.25) is 17.7 Å². The van der Waals surface area contributed by atoms with Crippen LogP contribution in [0.1, 0.15) is 19.8 Å². The van der Waals surface area contributed by atoms with Crippen molar-refractivity contribution in [2.75, 3.05) is 25.5 Å². The van der Waals surface area contributed by atoms with Gasteiger partial charge < -0.3 is 20.6 Å². The highest BCUT2D eigenvalue weighted by molar-refractivity contribution is 8.02.